The SMILES string of the molecule is O=C(Nc1nccs1)C1CCCN1S(=O)(=O)N1CCCCC1. The highest BCUT2D eigenvalue weighted by atomic mass is 32.2. The van der Waals surface area contributed by atoms with E-state index in [4.69, 9.17) is 0 Å². The molecule has 1 atom stereocenters. The highest BCUT2D eigenvalue weighted by Gasteiger charge is 2.41. The molecule has 2 fully saturated rings. The van der Waals surface area contributed by atoms with Crippen LogP contribution in [0.4, 0.5) is 5.13 Å². The van der Waals surface area contributed by atoms with Gasteiger partial charge in [0.2, 0.25) is 5.91 Å². The summed E-state index contributed by atoms with van der Waals surface area (Å²) < 4.78 is 28.4. The van der Waals surface area contributed by atoms with Crippen LogP contribution in [-0.4, -0.2) is 53.6 Å². The molecule has 0 spiro atoms. The van der Waals surface area contributed by atoms with Crippen molar-refractivity contribution in [3.8, 4) is 0 Å². The molecule has 0 aliphatic carbocycles. The summed E-state index contributed by atoms with van der Waals surface area (Å²) in [7, 11) is -3.55. The van der Waals surface area contributed by atoms with Gasteiger partial charge in [0.1, 0.15) is 6.04 Å². The lowest BCUT2D eigenvalue weighted by molar-refractivity contribution is -0.119. The van der Waals surface area contributed by atoms with Gasteiger partial charge in [-0.1, -0.05) is 6.42 Å². The van der Waals surface area contributed by atoms with Gasteiger partial charge >= 0.3 is 0 Å². The Balaban J connectivity index is 1.73. The van der Waals surface area contributed by atoms with E-state index in [-0.39, 0.29) is 5.91 Å². The van der Waals surface area contributed by atoms with Crippen LogP contribution in [0.1, 0.15) is 32.1 Å². The molecule has 22 heavy (non-hydrogen) atoms. The maximum atomic E-state index is 12.8. The molecule has 7 nitrogen and oxygen atoms in total. The number of carbonyl (C=O) groups excluding carboxylic acids is 1. The topological polar surface area (TPSA) is 82.6 Å². The highest BCUT2D eigenvalue weighted by molar-refractivity contribution is 7.86. The molecule has 2 aliphatic rings. The Kier molecular flexibility index (Phi) is 4.76. The number of hydrogen-bond acceptors (Lipinski definition) is 5. The summed E-state index contributed by atoms with van der Waals surface area (Å²) in [5.41, 5.74) is 0. The maximum absolute atomic E-state index is 12.8. The molecule has 0 aromatic carbocycles. The van der Waals surface area contributed by atoms with E-state index >= 15 is 0 Å². The Morgan fingerprint density at radius 1 is 1.23 bits per heavy atom. The fourth-order valence-electron chi connectivity index (χ4n) is 3.00. The van der Waals surface area contributed by atoms with Gasteiger partial charge in [-0.3, -0.25) is 4.79 Å². The molecule has 0 radical (unpaired) electrons. The summed E-state index contributed by atoms with van der Waals surface area (Å²) in [4.78, 5) is 16.4. The standard InChI is InChI=1S/C13H20N4O3S2/c18-12(15-13-14-6-10-21-13)11-5-4-9-17(11)22(19,20)16-7-2-1-3-8-16/h6,10-11H,1-5,7-9H2,(H,14,15,18). The zero-order valence-electron chi connectivity index (χ0n) is 12.3. The predicted octanol–water partition coefficient (Wildman–Crippen LogP) is 1.28. The van der Waals surface area contributed by atoms with Crippen LogP contribution in [0.3, 0.4) is 0 Å². The molecule has 122 valence electrons. The van der Waals surface area contributed by atoms with Crippen molar-refractivity contribution < 1.29 is 13.2 Å². The summed E-state index contributed by atoms with van der Waals surface area (Å²) in [6.07, 6.45) is 5.73. The third-order valence-corrected chi connectivity index (χ3v) is 6.84. The van der Waals surface area contributed by atoms with E-state index in [0.29, 0.717) is 37.6 Å². The molecular weight excluding hydrogens is 324 g/mol. The van der Waals surface area contributed by atoms with Crippen LogP contribution in [-0.2, 0) is 15.0 Å². The first-order valence-corrected chi connectivity index (χ1v) is 9.84. The van der Waals surface area contributed by atoms with E-state index in [1.165, 1.54) is 19.9 Å². The predicted molar refractivity (Wildman–Crippen MR) is 84.8 cm³/mol. The van der Waals surface area contributed by atoms with E-state index in [9.17, 15) is 13.2 Å². The molecule has 1 aromatic rings. The normalized spacial score (nSPS) is 24.5. The second-order valence-corrected chi connectivity index (χ2v) is 8.34. The van der Waals surface area contributed by atoms with Crippen LogP contribution in [0.15, 0.2) is 11.6 Å². The van der Waals surface area contributed by atoms with Crippen molar-refractivity contribution in [1.82, 2.24) is 13.6 Å². The minimum absolute atomic E-state index is 0.284. The Bertz CT molecular complexity index is 611. The van der Waals surface area contributed by atoms with E-state index in [0.717, 1.165) is 19.3 Å². The van der Waals surface area contributed by atoms with Gasteiger partial charge in [-0.25, -0.2) is 4.98 Å². The van der Waals surface area contributed by atoms with E-state index in [2.05, 4.69) is 10.3 Å². The number of aromatic nitrogens is 1. The summed E-state index contributed by atoms with van der Waals surface area (Å²) in [5, 5.41) is 4.99. The third kappa shape index (κ3) is 3.17. The zero-order chi connectivity index (χ0) is 15.6. The first-order valence-electron chi connectivity index (χ1n) is 7.56. The van der Waals surface area contributed by atoms with Gasteiger partial charge < -0.3 is 5.32 Å². The van der Waals surface area contributed by atoms with Crippen LogP contribution < -0.4 is 5.32 Å². The third-order valence-electron chi connectivity index (χ3n) is 4.11. The highest BCUT2D eigenvalue weighted by Crippen LogP contribution is 2.26. The van der Waals surface area contributed by atoms with Gasteiger partial charge in [-0.15, -0.1) is 11.3 Å². The Hall–Kier alpha value is -1.03. The second-order valence-electron chi connectivity index (χ2n) is 5.56. The van der Waals surface area contributed by atoms with Crippen molar-refractivity contribution in [2.75, 3.05) is 25.0 Å². The first-order chi connectivity index (χ1) is 10.6. The first kappa shape index (κ1) is 15.9. The molecule has 1 unspecified atom stereocenters. The number of thiazole rings is 1. The number of hydrogen-bond donors (Lipinski definition) is 1. The second kappa shape index (κ2) is 6.61. The van der Waals surface area contributed by atoms with Crippen LogP contribution in [0.25, 0.3) is 0 Å². The summed E-state index contributed by atoms with van der Waals surface area (Å²) >= 11 is 1.33. The van der Waals surface area contributed by atoms with Crippen LogP contribution in [0.5, 0.6) is 0 Å². The Morgan fingerprint density at radius 3 is 2.68 bits per heavy atom. The summed E-state index contributed by atoms with van der Waals surface area (Å²) in [6, 6.07) is -0.629. The van der Waals surface area contributed by atoms with Crippen molar-refractivity contribution in [2.45, 2.75) is 38.1 Å². The van der Waals surface area contributed by atoms with E-state index in [1.54, 1.807) is 11.6 Å². The Morgan fingerprint density at radius 2 is 2.00 bits per heavy atom. The van der Waals surface area contributed by atoms with Gasteiger partial charge in [-0.2, -0.15) is 17.0 Å². The van der Waals surface area contributed by atoms with Gasteiger partial charge in [0, 0.05) is 31.2 Å². The van der Waals surface area contributed by atoms with Crippen molar-refractivity contribution in [3.63, 3.8) is 0 Å². The van der Waals surface area contributed by atoms with Gasteiger partial charge in [0.25, 0.3) is 10.2 Å². The monoisotopic (exact) mass is 344 g/mol. The number of amides is 1. The van der Waals surface area contributed by atoms with Crippen molar-refractivity contribution in [1.29, 1.82) is 0 Å². The number of anilines is 1. The lowest BCUT2D eigenvalue weighted by atomic mass is 10.2. The molecule has 1 N–H and O–H groups in total. The molecule has 0 saturated carbocycles. The van der Waals surface area contributed by atoms with Gasteiger partial charge in [-0.05, 0) is 25.7 Å². The van der Waals surface area contributed by atoms with Gasteiger partial charge in [0.15, 0.2) is 5.13 Å². The number of carbonyl (C=O) groups is 1. The fourth-order valence-corrected chi connectivity index (χ4v) is 5.43. The van der Waals surface area contributed by atoms with Gasteiger partial charge in [0.05, 0.1) is 0 Å². The minimum atomic E-state index is -3.55. The molecule has 1 amide bonds. The average molecular weight is 344 g/mol. The molecule has 3 heterocycles. The van der Waals surface area contributed by atoms with Crippen molar-refractivity contribution in [2.24, 2.45) is 0 Å². The van der Waals surface area contributed by atoms with Crippen LogP contribution in [0.2, 0.25) is 0 Å². The number of nitrogens with zero attached hydrogens (tertiary/aromatic N) is 3. The maximum Gasteiger partial charge on any atom is 0.282 e. The quantitative estimate of drug-likeness (QED) is 0.892. The fraction of sp³-hybridized carbons (Fsp3) is 0.692. The molecule has 2 saturated heterocycles. The largest absolute Gasteiger partial charge is 0.301 e. The van der Waals surface area contributed by atoms with E-state index in [1.807, 2.05) is 0 Å². The average Bonchev–Trinajstić information content (AvgIpc) is 3.19. The van der Waals surface area contributed by atoms with Crippen molar-refractivity contribution >= 4 is 32.6 Å². The van der Waals surface area contributed by atoms with Crippen molar-refractivity contribution in [3.05, 3.63) is 11.6 Å². The minimum Gasteiger partial charge on any atom is -0.301 e. The van der Waals surface area contributed by atoms with E-state index < -0.39 is 16.3 Å². The molecule has 3 rings (SSSR count). The molecule has 0 bridgehead atoms. The van der Waals surface area contributed by atoms with Crippen LogP contribution >= 0.6 is 11.3 Å². The molecular formula is C13H20N4O3S2. The number of rotatable bonds is 4. The lowest BCUT2D eigenvalue weighted by Gasteiger charge is -2.32. The molecule has 1 aromatic heterocycles. The lowest BCUT2D eigenvalue weighted by Crippen LogP contribution is -2.50. The number of nitrogens with one attached hydrogen (secondary N) is 1. The smallest absolute Gasteiger partial charge is 0.282 e. The zero-order valence-corrected chi connectivity index (χ0v) is 13.9. The molecule has 2 aliphatic heterocycles. The van der Waals surface area contributed by atoms with Crippen LogP contribution in [0, 0.1) is 0 Å². The summed E-state index contributed by atoms with van der Waals surface area (Å²) in [6.45, 7) is 1.52. The number of piperidine rings is 1. The summed E-state index contributed by atoms with van der Waals surface area (Å²) in [5.74, 6) is -0.284. The molecule has 9 heteroatoms. The Labute approximate surface area is 134 Å².